The van der Waals surface area contributed by atoms with Gasteiger partial charge in [0.05, 0.1) is 5.92 Å². The maximum absolute atomic E-state index is 13.1. The minimum atomic E-state index is -0.163. The van der Waals surface area contributed by atoms with E-state index < -0.39 is 0 Å². The Balaban J connectivity index is 1.52. The number of hydrogen-bond donors (Lipinski definition) is 1. The number of aryl methyl sites for hydroxylation is 2. The van der Waals surface area contributed by atoms with E-state index in [4.69, 9.17) is 0 Å². The number of anilines is 1. The molecule has 30 heavy (non-hydrogen) atoms. The molecule has 7 nitrogen and oxygen atoms in total. The van der Waals surface area contributed by atoms with Crippen LogP contribution in [0.1, 0.15) is 30.9 Å². The molecule has 1 atom stereocenters. The third-order valence-corrected chi connectivity index (χ3v) is 5.64. The zero-order valence-corrected chi connectivity index (χ0v) is 17.5. The van der Waals surface area contributed by atoms with Crippen molar-refractivity contribution >= 4 is 22.9 Å². The third kappa shape index (κ3) is 4.06. The normalized spacial score (nSPS) is 16.6. The van der Waals surface area contributed by atoms with Crippen LogP contribution in [0.15, 0.2) is 47.4 Å². The zero-order valence-electron chi connectivity index (χ0n) is 17.5. The van der Waals surface area contributed by atoms with Gasteiger partial charge in [-0.1, -0.05) is 29.8 Å². The monoisotopic (exact) mass is 405 g/mol. The van der Waals surface area contributed by atoms with Crippen LogP contribution < -0.4 is 15.8 Å². The van der Waals surface area contributed by atoms with Crippen molar-refractivity contribution in [1.29, 1.82) is 0 Å². The van der Waals surface area contributed by atoms with E-state index in [-0.39, 0.29) is 17.4 Å². The predicted octanol–water partition coefficient (Wildman–Crippen LogP) is 2.65. The summed E-state index contributed by atoms with van der Waals surface area (Å²) in [6, 6.07) is 11.8. The molecule has 1 aromatic carbocycles. The second-order valence-corrected chi connectivity index (χ2v) is 7.82. The lowest BCUT2D eigenvalue weighted by molar-refractivity contribution is -0.125. The standard InChI is InChI=1S/C23H27N5O2/c1-3-28-20-19(10-5-11-24-20)26-21(23(28)30)27-12-6-9-18(15-27)22(29)25-14-17-8-4-7-16(2)13-17/h4-5,7-8,10-11,13,18H,3,6,9,12,14-15H2,1-2H3,(H,25,29). The van der Waals surface area contributed by atoms with Crippen molar-refractivity contribution in [1.82, 2.24) is 19.9 Å². The van der Waals surface area contributed by atoms with E-state index in [0.717, 1.165) is 24.9 Å². The molecule has 1 aliphatic heterocycles. The predicted molar refractivity (Wildman–Crippen MR) is 117 cm³/mol. The van der Waals surface area contributed by atoms with Gasteiger partial charge in [0, 0.05) is 32.4 Å². The van der Waals surface area contributed by atoms with Crippen LogP contribution in [0.5, 0.6) is 0 Å². The largest absolute Gasteiger partial charge is 0.352 e. The second kappa shape index (κ2) is 8.65. The minimum Gasteiger partial charge on any atom is -0.352 e. The maximum Gasteiger partial charge on any atom is 0.295 e. The lowest BCUT2D eigenvalue weighted by atomic mass is 9.97. The van der Waals surface area contributed by atoms with Gasteiger partial charge in [0.1, 0.15) is 5.52 Å². The Hall–Kier alpha value is -3.22. The molecule has 0 saturated carbocycles. The molecule has 0 bridgehead atoms. The third-order valence-electron chi connectivity index (χ3n) is 5.64. The fourth-order valence-corrected chi connectivity index (χ4v) is 4.10. The summed E-state index contributed by atoms with van der Waals surface area (Å²) in [5, 5.41) is 3.06. The number of benzene rings is 1. The Morgan fingerprint density at radius 2 is 2.13 bits per heavy atom. The molecular formula is C23H27N5O2. The highest BCUT2D eigenvalue weighted by Gasteiger charge is 2.28. The van der Waals surface area contributed by atoms with Gasteiger partial charge in [-0.15, -0.1) is 0 Å². The summed E-state index contributed by atoms with van der Waals surface area (Å²) < 4.78 is 1.65. The van der Waals surface area contributed by atoms with Gasteiger partial charge in [-0.2, -0.15) is 0 Å². The number of hydrogen-bond acceptors (Lipinski definition) is 5. The quantitative estimate of drug-likeness (QED) is 0.706. The van der Waals surface area contributed by atoms with Crippen LogP contribution in [0.3, 0.4) is 0 Å². The second-order valence-electron chi connectivity index (χ2n) is 7.82. The molecule has 0 radical (unpaired) electrons. The van der Waals surface area contributed by atoms with Gasteiger partial charge >= 0.3 is 0 Å². The Kier molecular flexibility index (Phi) is 5.79. The van der Waals surface area contributed by atoms with Gasteiger partial charge in [-0.3, -0.25) is 14.2 Å². The van der Waals surface area contributed by atoms with Crippen molar-refractivity contribution in [3.05, 3.63) is 64.1 Å². The number of amides is 1. The van der Waals surface area contributed by atoms with Crippen LogP contribution in [0.2, 0.25) is 0 Å². The summed E-state index contributed by atoms with van der Waals surface area (Å²) in [7, 11) is 0. The van der Waals surface area contributed by atoms with Crippen molar-refractivity contribution in [3.63, 3.8) is 0 Å². The van der Waals surface area contributed by atoms with Crippen molar-refractivity contribution in [2.75, 3.05) is 18.0 Å². The molecular weight excluding hydrogens is 378 g/mol. The Labute approximate surface area is 175 Å². The van der Waals surface area contributed by atoms with Gasteiger partial charge in [0.25, 0.3) is 5.56 Å². The molecule has 2 aromatic heterocycles. The molecule has 7 heteroatoms. The number of piperidine rings is 1. The molecule has 1 N–H and O–H groups in total. The number of carbonyl (C=O) groups is 1. The molecule has 3 heterocycles. The zero-order chi connectivity index (χ0) is 21.1. The van der Waals surface area contributed by atoms with Crippen LogP contribution >= 0.6 is 0 Å². The van der Waals surface area contributed by atoms with E-state index >= 15 is 0 Å². The lowest BCUT2D eigenvalue weighted by Crippen LogP contribution is -2.45. The van der Waals surface area contributed by atoms with Gasteiger partial charge < -0.3 is 10.2 Å². The number of rotatable bonds is 5. The van der Waals surface area contributed by atoms with Crippen molar-refractivity contribution in [2.45, 2.75) is 39.8 Å². The molecule has 0 aliphatic carbocycles. The van der Waals surface area contributed by atoms with Crippen LogP contribution in [0.25, 0.3) is 11.2 Å². The van der Waals surface area contributed by atoms with E-state index in [1.54, 1.807) is 10.8 Å². The maximum atomic E-state index is 13.1. The summed E-state index contributed by atoms with van der Waals surface area (Å²) in [6.45, 7) is 6.23. The number of aromatic nitrogens is 3. The fraction of sp³-hybridized carbons (Fsp3) is 0.391. The molecule has 1 saturated heterocycles. The Morgan fingerprint density at radius 1 is 1.27 bits per heavy atom. The lowest BCUT2D eigenvalue weighted by Gasteiger charge is -2.32. The van der Waals surface area contributed by atoms with E-state index in [0.29, 0.717) is 36.6 Å². The number of carbonyl (C=O) groups excluding carboxylic acids is 1. The van der Waals surface area contributed by atoms with Crippen LogP contribution in [-0.4, -0.2) is 33.5 Å². The van der Waals surface area contributed by atoms with Gasteiger partial charge in [0.2, 0.25) is 5.91 Å². The summed E-state index contributed by atoms with van der Waals surface area (Å²) in [5.41, 5.74) is 3.41. The molecule has 0 spiro atoms. The summed E-state index contributed by atoms with van der Waals surface area (Å²) in [6.07, 6.45) is 3.33. The van der Waals surface area contributed by atoms with Gasteiger partial charge in [0.15, 0.2) is 11.5 Å². The fourth-order valence-electron chi connectivity index (χ4n) is 4.10. The van der Waals surface area contributed by atoms with Crippen LogP contribution in [-0.2, 0) is 17.9 Å². The van der Waals surface area contributed by atoms with Crippen molar-refractivity contribution < 1.29 is 4.79 Å². The van der Waals surface area contributed by atoms with Crippen molar-refractivity contribution in [3.8, 4) is 0 Å². The molecule has 156 valence electrons. The minimum absolute atomic E-state index is 0.0273. The molecule has 3 aromatic rings. The first-order valence-electron chi connectivity index (χ1n) is 10.5. The van der Waals surface area contributed by atoms with Gasteiger partial charge in [-0.05, 0) is 44.4 Å². The van der Waals surface area contributed by atoms with E-state index in [1.807, 2.05) is 49.1 Å². The number of nitrogens with one attached hydrogen (secondary N) is 1. The molecule has 1 fully saturated rings. The first kappa shape index (κ1) is 20.1. The van der Waals surface area contributed by atoms with Crippen LogP contribution in [0.4, 0.5) is 5.82 Å². The first-order chi connectivity index (χ1) is 14.6. The number of pyridine rings is 1. The van der Waals surface area contributed by atoms with Crippen molar-refractivity contribution in [2.24, 2.45) is 5.92 Å². The highest BCUT2D eigenvalue weighted by atomic mass is 16.2. The van der Waals surface area contributed by atoms with Gasteiger partial charge in [-0.25, -0.2) is 9.97 Å². The highest BCUT2D eigenvalue weighted by Crippen LogP contribution is 2.21. The highest BCUT2D eigenvalue weighted by molar-refractivity contribution is 5.79. The Bertz CT molecular complexity index is 1120. The molecule has 1 unspecified atom stereocenters. The van der Waals surface area contributed by atoms with E-state index in [2.05, 4.69) is 21.4 Å². The van der Waals surface area contributed by atoms with E-state index in [9.17, 15) is 9.59 Å². The summed E-state index contributed by atoms with van der Waals surface area (Å²) >= 11 is 0. The molecule has 1 aliphatic rings. The van der Waals surface area contributed by atoms with Crippen LogP contribution in [0, 0.1) is 12.8 Å². The molecule has 4 rings (SSSR count). The average molecular weight is 406 g/mol. The molecule has 1 amide bonds. The summed E-state index contributed by atoms with van der Waals surface area (Å²) in [4.78, 5) is 36.7. The summed E-state index contributed by atoms with van der Waals surface area (Å²) in [5.74, 6) is 0.275. The topological polar surface area (TPSA) is 80.1 Å². The Morgan fingerprint density at radius 3 is 2.93 bits per heavy atom. The van der Waals surface area contributed by atoms with E-state index in [1.165, 1.54) is 5.56 Å². The number of fused-ring (bicyclic) bond motifs is 1. The SMILES string of the molecule is CCn1c(=O)c(N2CCCC(C(=O)NCc3cccc(C)c3)C2)nc2cccnc21. The average Bonchev–Trinajstić information content (AvgIpc) is 2.77. The number of nitrogens with zero attached hydrogens (tertiary/aromatic N) is 4. The smallest absolute Gasteiger partial charge is 0.295 e. The first-order valence-corrected chi connectivity index (χ1v) is 10.5.